The highest BCUT2D eigenvalue weighted by Gasteiger charge is 2.14. The predicted octanol–water partition coefficient (Wildman–Crippen LogP) is 5.28. The molecular weight excluding hydrogens is 392 g/mol. The van der Waals surface area contributed by atoms with Gasteiger partial charge in [0.1, 0.15) is 5.01 Å². The summed E-state index contributed by atoms with van der Waals surface area (Å²) in [6.45, 7) is 2.45. The van der Waals surface area contributed by atoms with Gasteiger partial charge in [-0.3, -0.25) is 9.59 Å². The minimum absolute atomic E-state index is 0.0361. The summed E-state index contributed by atoms with van der Waals surface area (Å²) in [5, 5.41) is 5.82. The molecule has 0 unspecified atom stereocenters. The Labute approximate surface area is 181 Å². The van der Waals surface area contributed by atoms with Gasteiger partial charge >= 0.3 is 0 Å². The van der Waals surface area contributed by atoms with Gasteiger partial charge in [-0.1, -0.05) is 36.4 Å². The third kappa shape index (κ3) is 4.85. The maximum absolute atomic E-state index is 12.5. The van der Waals surface area contributed by atoms with Gasteiger partial charge in [-0.2, -0.15) is 0 Å². The van der Waals surface area contributed by atoms with E-state index in [2.05, 4.69) is 35.4 Å². The number of nitrogens with one attached hydrogen (secondary N) is 1. The average Bonchev–Trinajstić information content (AvgIpc) is 3.25. The van der Waals surface area contributed by atoms with Crippen LogP contribution in [0.15, 0.2) is 47.8 Å². The molecule has 0 saturated heterocycles. The molecule has 1 aliphatic carbocycles. The number of aryl methyl sites for hydroxylation is 3. The van der Waals surface area contributed by atoms with E-state index in [4.69, 9.17) is 0 Å². The van der Waals surface area contributed by atoms with Gasteiger partial charge in [-0.15, -0.1) is 11.3 Å². The Kier molecular flexibility index (Phi) is 6.38. The van der Waals surface area contributed by atoms with Crippen molar-refractivity contribution in [2.45, 2.75) is 52.0 Å². The molecule has 1 aliphatic rings. The largest absolute Gasteiger partial charge is 0.350 e. The molecule has 4 nitrogen and oxygen atoms in total. The Morgan fingerprint density at radius 2 is 1.83 bits per heavy atom. The smallest absolute Gasteiger partial charge is 0.220 e. The summed E-state index contributed by atoms with van der Waals surface area (Å²) in [5.41, 5.74) is 6.53. The summed E-state index contributed by atoms with van der Waals surface area (Å²) in [6.07, 6.45) is 5.01. The molecule has 1 amide bonds. The lowest BCUT2D eigenvalue weighted by Gasteiger charge is -2.16. The first kappa shape index (κ1) is 20.5. The number of benzene rings is 2. The maximum atomic E-state index is 12.5. The summed E-state index contributed by atoms with van der Waals surface area (Å²) < 4.78 is 0. The number of Topliss-reactive ketones (excluding diaryl/α,β-unsaturated/α-hetero) is 1. The highest BCUT2D eigenvalue weighted by molar-refractivity contribution is 7.13. The number of aromatic nitrogens is 1. The number of rotatable bonds is 7. The van der Waals surface area contributed by atoms with Gasteiger partial charge in [-0.25, -0.2) is 4.98 Å². The Balaban J connectivity index is 1.27. The topological polar surface area (TPSA) is 59.1 Å². The van der Waals surface area contributed by atoms with E-state index < -0.39 is 0 Å². The number of amides is 1. The van der Waals surface area contributed by atoms with Crippen molar-refractivity contribution in [2.75, 3.05) is 0 Å². The predicted molar refractivity (Wildman–Crippen MR) is 121 cm³/mol. The van der Waals surface area contributed by atoms with E-state index in [0.29, 0.717) is 6.54 Å². The van der Waals surface area contributed by atoms with Gasteiger partial charge in [0.05, 0.1) is 12.2 Å². The number of thiazole rings is 1. The molecule has 4 rings (SSSR count). The zero-order chi connectivity index (χ0) is 20.9. The summed E-state index contributed by atoms with van der Waals surface area (Å²) in [5.74, 6) is -0.0826. The second-order valence-corrected chi connectivity index (χ2v) is 8.71. The number of hydrogen-bond acceptors (Lipinski definition) is 4. The van der Waals surface area contributed by atoms with Crippen molar-refractivity contribution < 1.29 is 9.59 Å². The standard InChI is InChI=1S/C25H26N2O2S/c1-17-6-2-5-9-22(17)25-27-21(16-30-25)15-26-24(29)13-12-23(28)20-11-10-18-7-3-4-8-19(18)14-20/h2,5-6,9-11,14,16H,3-4,7-8,12-13,15H2,1H3,(H,26,29). The van der Waals surface area contributed by atoms with E-state index in [1.165, 1.54) is 29.5 Å². The molecule has 0 radical (unpaired) electrons. The highest BCUT2D eigenvalue weighted by atomic mass is 32.1. The van der Waals surface area contributed by atoms with Gasteiger partial charge < -0.3 is 5.32 Å². The van der Waals surface area contributed by atoms with E-state index in [9.17, 15) is 9.59 Å². The Morgan fingerprint density at radius 3 is 2.67 bits per heavy atom. The van der Waals surface area contributed by atoms with Crippen LogP contribution in [0.1, 0.15) is 58.4 Å². The summed E-state index contributed by atoms with van der Waals surface area (Å²) >= 11 is 1.58. The van der Waals surface area contributed by atoms with Crippen LogP contribution in [0.25, 0.3) is 10.6 Å². The lowest BCUT2D eigenvalue weighted by molar-refractivity contribution is -0.121. The number of fused-ring (bicyclic) bond motifs is 1. The van der Waals surface area contributed by atoms with Crippen molar-refractivity contribution >= 4 is 23.0 Å². The van der Waals surface area contributed by atoms with Crippen LogP contribution in [-0.4, -0.2) is 16.7 Å². The van der Waals surface area contributed by atoms with E-state index in [1.54, 1.807) is 11.3 Å². The first-order chi connectivity index (χ1) is 14.6. The number of carbonyl (C=O) groups is 2. The Bertz CT molecular complexity index is 1070. The minimum Gasteiger partial charge on any atom is -0.350 e. The van der Waals surface area contributed by atoms with Gasteiger partial charge in [0, 0.05) is 29.3 Å². The fraction of sp³-hybridized carbons (Fsp3) is 0.320. The molecule has 1 aromatic heterocycles. The lowest BCUT2D eigenvalue weighted by Crippen LogP contribution is -2.23. The van der Waals surface area contributed by atoms with Crippen molar-refractivity contribution in [3.63, 3.8) is 0 Å². The van der Waals surface area contributed by atoms with Crippen LogP contribution in [0.4, 0.5) is 0 Å². The van der Waals surface area contributed by atoms with E-state index in [-0.39, 0.29) is 24.5 Å². The van der Waals surface area contributed by atoms with Crippen molar-refractivity contribution in [1.82, 2.24) is 10.3 Å². The number of carbonyl (C=O) groups excluding carboxylic acids is 2. The minimum atomic E-state index is -0.119. The Morgan fingerprint density at radius 1 is 1.03 bits per heavy atom. The zero-order valence-corrected chi connectivity index (χ0v) is 18.1. The van der Waals surface area contributed by atoms with E-state index >= 15 is 0 Å². The summed E-state index contributed by atoms with van der Waals surface area (Å²) in [6, 6.07) is 14.2. The van der Waals surface area contributed by atoms with Crippen LogP contribution >= 0.6 is 11.3 Å². The lowest BCUT2D eigenvalue weighted by atomic mass is 9.89. The SMILES string of the molecule is Cc1ccccc1-c1nc(CNC(=O)CCC(=O)c2ccc3c(c2)CCCC3)cs1. The fourth-order valence-electron chi connectivity index (χ4n) is 3.88. The van der Waals surface area contributed by atoms with Crippen molar-refractivity contribution in [2.24, 2.45) is 0 Å². The Hall–Kier alpha value is -2.79. The van der Waals surface area contributed by atoms with Crippen molar-refractivity contribution in [3.05, 3.63) is 75.8 Å². The van der Waals surface area contributed by atoms with E-state index in [0.717, 1.165) is 34.7 Å². The van der Waals surface area contributed by atoms with Crippen LogP contribution in [0.2, 0.25) is 0 Å². The van der Waals surface area contributed by atoms with Crippen LogP contribution in [0, 0.1) is 6.92 Å². The van der Waals surface area contributed by atoms with Crippen LogP contribution in [0.3, 0.4) is 0 Å². The quantitative estimate of drug-likeness (QED) is 0.531. The van der Waals surface area contributed by atoms with Gasteiger partial charge in [0.15, 0.2) is 5.78 Å². The molecule has 30 heavy (non-hydrogen) atoms. The normalized spacial score (nSPS) is 13.0. The molecule has 3 aromatic rings. The van der Waals surface area contributed by atoms with Gasteiger partial charge in [-0.05, 0) is 55.4 Å². The molecule has 0 aliphatic heterocycles. The number of hydrogen-bond donors (Lipinski definition) is 1. The molecule has 154 valence electrons. The molecular formula is C25H26N2O2S. The zero-order valence-electron chi connectivity index (χ0n) is 17.2. The van der Waals surface area contributed by atoms with Crippen LogP contribution < -0.4 is 5.32 Å². The molecule has 1 N–H and O–H groups in total. The average molecular weight is 419 g/mol. The molecule has 0 spiro atoms. The molecule has 2 aromatic carbocycles. The third-order valence-electron chi connectivity index (χ3n) is 5.64. The van der Waals surface area contributed by atoms with Gasteiger partial charge in [0.25, 0.3) is 0 Å². The monoisotopic (exact) mass is 418 g/mol. The van der Waals surface area contributed by atoms with Crippen molar-refractivity contribution in [3.8, 4) is 10.6 Å². The summed E-state index contributed by atoms with van der Waals surface area (Å²) in [4.78, 5) is 29.4. The highest BCUT2D eigenvalue weighted by Crippen LogP contribution is 2.26. The van der Waals surface area contributed by atoms with Crippen LogP contribution in [-0.2, 0) is 24.2 Å². The maximum Gasteiger partial charge on any atom is 0.220 e. The van der Waals surface area contributed by atoms with Crippen LogP contribution in [0.5, 0.6) is 0 Å². The molecule has 0 fully saturated rings. The molecule has 1 heterocycles. The second kappa shape index (κ2) is 9.35. The first-order valence-electron chi connectivity index (χ1n) is 10.5. The number of ketones is 1. The first-order valence-corrected chi connectivity index (χ1v) is 11.4. The summed E-state index contributed by atoms with van der Waals surface area (Å²) in [7, 11) is 0. The van der Waals surface area contributed by atoms with Crippen molar-refractivity contribution in [1.29, 1.82) is 0 Å². The van der Waals surface area contributed by atoms with Gasteiger partial charge in [0.2, 0.25) is 5.91 Å². The molecule has 5 heteroatoms. The number of nitrogens with zero attached hydrogens (tertiary/aromatic N) is 1. The second-order valence-electron chi connectivity index (χ2n) is 7.85. The van der Waals surface area contributed by atoms with E-state index in [1.807, 2.05) is 29.6 Å². The molecule has 0 bridgehead atoms. The third-order valence-corrected chi connectivity index (χ3v) is 6.57. The molecule has 0 saturated carbocycles. The fourth-order valence-corrected chi connectivity index (χ4v) is 4.79. The molecule has 0 atom stereocenters.